The number of furan rings is 1. The van der Waals surface area contributed by atoms with Crippen LogP contribution in [-0.2, 0) is 11.3 Å². The summed E-state index contributed by atoms with van der Waals surface area (Å²) < 4.78 is 5.28. The zero-order valence-corrected chi connectivity index (χ0v) is 13.1. The Bertz CT molecular complexity index is 754. The molecule has 1 atom stereocenters. The Kier molecular flexibility index (Phi) is 4.33. The second-order valence-electron chi connectivity index (χ2n) is 5.51. The lowest BCUT2D eigenvalue weighted by Gasteiger charge is -2.17. The minimum absolute atomic E-state index is 0.0112. The third-order valence-corrected chi connectivity index (χ3v) is 3.85. The molecule has 0 bridgehead atoms. The van der Waals surface area contributed by atoms with Gasteiger partial charge in [-0.2, -0.15) is 0 Å². The van der Waals surface area contributed by atoms with Crippen LogP contribution in [0.2, 0.25) is 0 Å². The molecule has 3 rings (SSSR count). The van der Waals surface area contributed by atoms with Crippen molar-refractivity contribution < 1.29 is 18.8 Å². The summed E-state index contributed by atoms with van der Waals surface area (Å²) in [7, 11) is 0. The van der Waals surface area contributed by atoms with Gasteiger partial charge in [-0.3, -0.25) is 14.5 Å². The molecule has 1 aromatic carbocycles. The molecule has 124 valence electrons. The van der Waals surface area contributed by atoms with E-state index in [1.165, 1.54) is 0 Å². The van der Waals surface area contributed by atoms with E-state index in [0.717, 1.165) is 4.90 Å². The van der Waals surface area contributed by atoms with Crippen LogP contribution in [0.5, 0.6) is 0 Å². The summed E-state index contributed by atoms with van der Waals surface area (Å²) in [5, 5.41) is 5.31. The number of benzene rings is 1. The summed E-state index contributed by atoms with van der Waals surface area (Å²) >= 11 is 0. The van der Waals surface area contributed by atoms with Crippen LogP contribution >= 0.6 is 0 Å². The van der Waals surface area contributed by atoms with Gasteiger partial charge in [0, 0.05) is 5.56 Å². The Balaban J connectivity index is 1.77. The second-order valence-corrected chi connectivity index (χ2v) is 5.51. The molecule has 24 heavy (non-hydrogen) atoms. The number of nitrogens with zero attached hydrogens (tertiary/aromatic N) is 1. The first-order chi connectivity index (χ1) is 11.6. The average Bonchev–Trinajstić information content (AvgIpc) is 3.21. The van der Waals surface area contributed by atoms with E-state index in [-0.39, 0.29) is 30.9 Å². The lowest BCUT2D eigenvalue weighted by Crippen LogP contribution is -2.32. The van der Waals surface area contributed by atoms with Crippen molar-refractivity contribution in [3.05, 3.63) is 59.5 Å². The van der Waals surface area contributed by atoms with E-state index in [1.54, 1.807) is 42.7 Å². The van der Waals surface area contributed by atoms with Gasteiger partial charge in [0.1, 0.15) is 5.76 Å². The number of amides is 4. The Hall–Kier alpha value is -3.09. The molecule has 2 heterocycles. The van der Waals surface area contributed by atoms with E-state index in [9.17, 15) is 14.4 Å². The maximum absolute atomic E-state index is 12.6. The number of hydrogen-bond donors (Lipinski definition) is 2. The van der Waals surface area contributed by atoms with Crippen LogP contribution in [0.1, 0.15) is 34.6 Å². The molecule has 0 radical (unpaired) electrons. The van der Waals surface area contributed by atoms with Crippen molar-refractivity contribution in [3.8, 4) is 0 Å². The number of carbonyl (C=O) groups is 3. The zero-order chi connectivity index (χ0) is 17.1. The van der Waals surface area contributed by atoms with E-state index in [2.05, 4.69) is 10.6 Å². The SMILES string of the molecule is CC(NC(=O)c1ccccc1CN1C(=O)CNC1=O)c1ccco1. The normalized spacial score (nSPS) is 15.3. The fraction of sp³-hybridized carbons (Fsp3) is 0.235. The number of rotatable bonds is 5. The van der Waals surface area contributed by atoms with Gasteiger partial charge in [-0.15, -0.1) is 0 Å². The summed E-state index contributed by atoms with van der Waals surface area (Å²) in [6, 6.07) is 9.69. The van der Waals surface area contributed by atoms with Crippen molar-refractivity contribution in [1.82, 2.24) is 15.5 Å². The average molecular weight is 327 g/mol. The number of hydrogen-bond acceptors (Lipinski definition) is 4. The fourth-order valence-electron chi connectivity index (χ4n) is 2.55. The van der Waals surface area contributed by atoms with Crippen LogP contribution in [0.3, 0.4) is 0 Å². The topological polar surface area (TPSA) is 91.7 Å². The van der Waals surface area contributed by atoms with Gasteiger partial charge in [0.15, 0.2) is 0 Å². The molecule has 2 N–H and O–H groups in total. The first kappa shape index (κ1) is 15.8. The standard InChI is InChI=1S/C17H17N3O4/c1-11(14-7-4-8-24-14)19-16(22)13-6-3-2-5-12(13)10-20-15(21)9-18-17(20)23/h2-8,11H,9-10H2,1H3,(H,18,23)(H,19,22). The maximum Gasteiger partial charge on any atom is 0.324 e. The first-order valence-electron chi connectivity index (χ1n) is 7.56. The quantitative estimate of drug-likeness (QED) is 0.820. The highest BCUT2D eigenvalue weighted by Gasteiger charge is 2.29. The highest BCUT2D eigenvalue weighted by atomic mass is 16.3. The van der Waals surface area contributed by atoms with Gasteiger partial charge in [-0.25, -0.2) is 4.79 Å². The zero-order valence-electron chi connectivity index (χ0n) is 13.1. The van der Waals surface area contributed by atoms with E-state index < -0.39 is 6.03 Å². The lowest BCUT2D eigenvalue weighted by atomic mass is 10.1. The molecule has 0 aliphatic carbocycles. The summed E-state index contributed by atoms with van der Waals surface area (Å²) in [5.74, 6) is 0.0515. The molecule has 1 aliphatic heterocycles. The van der Waals surface area contributed by atoms with Gasteiger partial charge in [0.25, 0.3) is 5.91 Å². The van der Waals surface area contributed by atoms with Crippen LogP contribution < -0.4 is 10.6 Å². The molecule has 1 fully saturated rings. The second kappa shape index (κ2) is 6.57. The summed E-state index contributed by atoms with van der Waals surface area (Å²) in [4.78, 5) is 37.1. The van der Waals surface area contributed by atoms with Crippen molar-refractivity contribution in [2.45, 2.75) is 19.5 Å². The molecular formula is C17H17N3O4. The highest BCUT2D eigenvalue weighted by Crippen LogP contribution is 2.17. The van der Waals surface area contributed by atoms with Crippen molar-refractivity contribution in [2.24, 2.45) is 0 Å². The number of carbonyl (C=O) groups excluding carboxylic acids is 3. The number of nitrogens with one attached hydrogen (secondary N) is 2. The smallest absolute Gasteiger partial charge is 0.324 e. The van der Waals surface area contributed by atoms with E-state index in [0.29, 0.717) is 16.9 Å². The molecule has 7 heteroatoms. The third kappa shape index (κ3) is 3.15. The van der Waals surface area contributed by atoms with Gasteiger partial charge in [-0.05, 0) is 30.7 Å². The predicted octanol–water partition coefficient (Wildman–Crippen LogP) is 1.82. The van der Waals surface area contributed by atoms with Crippen molar-refractivity contribution >= 4 is 17.8 Å². The molecule has 4 amide bonds. The van der Waals surface area contributed by atoms with Gasteiger partial charge in [0.2, 0.25) is 5.91 Å². The van der Waals surface area contributed by atoms with Crippen LogP contribution in [0.4, 0.5) is 4.79 Å². The minimum Gasteiger partial charge on any atom is -0.467 e. The maximum atomic E-state index is 12.6. The molecule has 0 spiro atoms. The van der Waals surface area contributed by atoms with Crippen LogP contribution in [0, 0.1) is 0 Å². The van der Waals surface area contributed by atoms with Gasteiger partial charge in [0.05, 0.1) is 25.4 Å². The Labute approximate surface area is 138 Å². The highest BCUT2D eigenvalue weighted by molar-refractivity contribution is 6.02. The molecule has 1 aromatic heterocycles. The molecule has 0 saturated carbocycles. The van der Waals surface area contributed by atoms with E-state index >= 15 is 0 Å². The molecule has 1 saturated heterocycles. The summed E-state index contributed by atoms with van der Waals surface area (Å²) in [5.41, 5.74) is 1.02. The fourth-order valence-corrected chi connectivity index (χ4v) is 2.55. The summed E-state index contributed by atoms with van der Waals surface area (Å²) in [6.07, 6.45) is 1.55. The Morgan fingerprint density at radius 3 is 2.75 bits per heavy atom. The number of imide groups is 1. The van der Waals surface area contributed by atoms with Crippen molar-refractivity contribution in [1.29, 1.82) is 0 Å². The Morgan fingerprint density at radius 1 is 1.29 bits per heavy atom. The molecule has 1 unspecified atom stereocenters. The predicted molar refractivity (Wildman–Crippen MR) is 85.0 cm³/mol. The van der Waals surface area contributed by atoms with Gasteiger partial charge >= 0.3 is 6.03 Å². The number of urea groups is 1. The van der Waals surface area contributed by atoms with Crippen molar-refractivity contribution in [2.75, 3.05) is 6.54 Å². The van der Waals surface area contributed by atoms with Crippen LogP contribution in [0.25, 0.3) is 0 Å². The van der Waals surface area contributed by atoms with E-state index in [4.69, 9.17) is 4.42 Å². The van der Waals surface area contributed by atoms with Crippen LogP contribution in [-0.4, -0.2) is 29.3 Å². The van der Waals surface area contributed by atoms with Gasteiger partial charge in [-0.1, -0.05) is 18.2 Å². The monoisotopic (exact) mass is 327 g/mol. The first-order valence-corrected chi connectivity index (χ1v) is 7.56. The molecule has 2 aromatic rings. The van der Waals surface area contributed by atoms with E-state index in [1.807, 2.05) is 6.92 Å². The minimum atomic E-state index is -0.445. The van der Waals surface area contributed by atoms with Gasteiger partial charge < -0.3 is 15.1 Å². The molecule has 7 nitrogen and oxygen atoms in total. The lowest BCUT2D eigenvalue weighted by molar-refractivity contribution is -0.125. The largest absolute Gasteiger partial charge is 0.467 e. The molecular weight excluding hydrogens is 310 g/mol. The van der Waals surface area contributed by atoms with Crippen LogP contribution in [0.15, 0.2) is 47.1 Å². The summed E-state index contributed by atoms with van der Waals surface area (Å²) in [6.45, 7) is 1.86. The Morgan fingerprint density at radius 2 is 2.08 bits per heavy atom. The van der Waals surface area contributed by atoms with Crippen molar-refractivity contribution in [3.63, 3.8) is 0 Å². The third-order valence-electron chi connectivity index (χ3n) is 3.85. The molecule has 1 aliphatic rings.